The molecule has 8 nitrogen and oxygen atoms in total. The fraction of sp³-hybridized carbons (Fsp3) is 0.360. The van der Waals surface area contributed by atoms with Crippen LogP contribution in [0.3, 0.4) is 0 Å². The van der Waals surface area contributed by atoms with Gasteiger partial charge in [-0.15, -0.1) is 0 Å². The van der Waals surface area contributed by atoms with E-state index in [0.717, 1.165) is 0 Å². The topological polar surface area (TPSA) is 88.5 Å². The van der Waals surface area contributed by atoms with Crippen LogP contribution in [0.5, 0.6) is 17.2 Å². The van der Waals surface area contributed by atoms with Crippen LogP contribution in [0, 0.1) is 0 Å². The van der Waals surface area contributed by atoms with Crippen molar-refractivity contribution in [2.75, 3.05) is 48.0 Å². The molecule has 1 aliphatic rings. The minimum atomic E-state index is -0.777. The number of aliphatic hydroxyl groups is 1. The second-order valence-corrected chi connectivity index (χ2v) is 7.87. The van der Waals surface area contributed by atoms with Gasteiger partial charge in [-0.1, -0.05) is 18.2 Å². The maximum Gasteiger partial charge on any atom is 0.295 e. The molecule has 0 spiro atoms. The number of amides is 1. The van der Waals surface area contributed by atoms with Gasteiger partial charge in [0.2, 0.25) is 0 Å². The van der Waals surface area contributed by atoms with Crippen molar-refractivity contribution in [3.8, 4) is 17.2 Å². The first kappa shape index (κ1) is 24.1. The van der Waals surface area contributed by atoms with Crippen molar-refractivity contribution < 1.29 is 28.9 Å². The van der Waals surface area contributed by atoms with Gasteiger partial charge in [0.15, 0.2) is 11.5 Å². The predicted molar refractivity (Wildman–Crippen MR) is 125 cm³/mol. The first-order valence-electron chi connectivity index (χ1n) is 10.7. The minimum Gasteiger partial charge on any atom is -0.507 e. The number of likely N-dealkylation sites (tertiary alicyclic amines) is 1. The molecule has 8 heteroatoms. The number of Topliss-reactive ketones (excluding diaryl/α,β-unsaturated/α-hetero) is 1. The molecule has 1 saturated heterocycles. The first-order valence-corrected chi connectivity index (χ1v) is 10.7. The maximum absolute atomic E-state index is 13.1. The third-order valence-electron chi connectivity index (χ3n) is 5.47. The molecule has 0 radical (unpaired) electrons. The number of carbonyl (C=O) groups excluding carboxylic acids is 2. The lowest BCUT2D eigenvalue weighted by Gasteiger charge is -2.27. The van der Waals surface area contributed by atoms with Gasteiger partial charge < -0.3 is 29.1 Å². The van der Waals surface area contributed by atoms with Gasteiger partial charge in [-0.05, 0) is 50.8 Å². The molecule has 0 bridgehead atoms. The van der Waals surface area contributed by atoms with Crippen molar-refractivity contribution in [1.29, 1.82) is 0 Å². The number of aliphatic hydroxyl groups excluding tert-OH is 1. The number of carbonyl (C=O) groups is 2. The van der Waals surface area contributed by atoms with E-state index in [9.17, 15) is 14.7 Å². The fourth-order valence-electron chi connectivity index (χ4n) is 3.84. The Labute approximate surface area is 194 Å². The highest BCUT2D eigenvalue weighted by molar-refractivity contribution is 6.46. The van der Waals surface area contributed by atoms with Crippen molar-refractivity contribution in [3.05, 3.63) is 59.2 Å². The van der Waals surface area contributed by atoms with E-state index in [1.807, 2.05) is 25.9 Å². The number of hydrogen-bond donors (Lipinski definition) is 1. The second-order valence-electron chi connectivity index (χ2n) is 7.87. The van der Waals surface area contributed by atoms with Crippen LogP contribution in [0.25, 0.3) is 5.76 Å². The first-order chi connectivity index (χ1) is 15.8. The molecule has 3 rings (SSSR count). The van der Waals surface area contributed by atoms with Crippen LogP contribution in [0.15, 0.2) is 48.0 Å². The van der Waals surface area contributed by atoms with Crippen LogP contribution < -0.4 is 14.2 Å². The molecule has 0 aromatic heterocycles. The van der Waals surface area contributed by atoms with E-state index in [4.69, 9.17) is 14.2 Å². The van der Waals surface area contributed by atoms with Crippen molar-refractivity contribution in [3.63, 3.8) is 0 Å². The standard InChI is InChI=1S/C25H30N2O6/c1-6-33-18-9-7-8-17(14-18)23(28)21-22(16-10-11-19(31-4)20(15-16)32-5)27(13-12-26(2)3)25(30)24(21)29/h7-11,14-15,22,28H,6,12-13H2,1-5H3. The molecule has 33 heavy (non-hydrogen) atoms. The molecule has 1 unspecified atom stereocenters. The number of ether oxygens (including phenoxy) is 3. The lowest BCUT2D eigenvalue weighted by molar-refractivity contribution is -0.140. The smallest absolute Gasteiger partial charge is 0.295 e. The van der Waals surface area contributed by atoms with Gasteiger partial charge in [-0.25, -0.2) is 0 Å². The molecule has 0 saturated carbocycles. The number of methoxy groups -OCH3 is 2. The summed E-state index contributed by atoms with van der Waals surface area (Å²) < 4.78 is 16.3. The predicted octanol–water partition coefficient (Wildman–Crippen LogP) is 3.09. The van der Waals surface area contributed by atoms with Crippen LogP contribution in [-0.4, -0.2) is 74.6 Å². The zero-order valence-electron chi connectivity index (χ0n) is 19.6. The number of hydrogen-bond acceptors (Lipinski definition) is 7. The molecule has 1 fully saturated rings. The molecule has 1 N–H and O–H groups in total. The molecule has 1 heterocycles. The lowest BCUT2D eigenvalue weighted by atomic mass is 9.95. The largest absolute Gasteiger partial charge is 0.507 e. The van der Waals surface area contributed by atoms with E-state index < -0.39 is 17.7 Å². The normalized spacial score (nSPS) is 17.5. The fourth-order valence-corrected chi connectivity index (χ4v) is 3.84. The summed E-state index contributed by atoms with van der Waals surface area (Å²) in [5.41, 5.74) is 1.06. The zero-order chi connectivity index (χ0) is 24.1. The maximum atomic E-state index is 13.1. The number of likely N-dealkylation sites (N-methyl/N-ethyl adjacent to an activating group) is 1. The highest BCUT2D eigenvalue weighted by Crippen LogP contribution is 2.42. The summed E-state index contributed by atoms with van der Waals surface area (Å²) in [6.45, 7) is 3.19. The lowest BCUT2D eigenvalue weighted by Crippen LogP contribution is -2.35. The zero-order valence-corrected chi connectivity index (χ0v) is 19.6. The molecule has 0 aliphatic carbocycles. The van der Waals surface area contributed by atoms with Gasteiger partial charge in [0.1, 0.15) is 11.5 Å². The van der Waals surface area contributed by atoms with E-state index >= 15 is 0 Å². The Kier molecular flexibility index (Phi) is 7.60. The van der Waals surface area contributed by atoms with E-state index in [2.05, 4.69) is 0 Å². The summed E-state index contributed by atoms with van der Waals surface area (Å²) in [7, 11) is 6.83. The van der Waals surface area contributed by atoms with E-state index in [1.165, 1.54) is 19.1 Å². The van der Waals surface area contributed by atoms with Gasteiger partial charge in [0.25, 0.3) is 11.7 Å². The Morgan fingerprint density at radius 1 is 1.06 bits per heavy atom. The van der Waals surface area contributed by atoms with Gasteiger partial charge in [-0.2, -0.15) is 0 Å². The number of ketones is 1. The Morgan fingerprint density at radius 3 is 2.42 bits per heavy atom. The summed E-state index contributed by atoms with van der Waals surface area (Å²) in [5.74, 6) is -0.0810. The Balaban J connectivity index is 2.17. The number of rotatable bonds is 9. The SMILES string of the molecule is CCOc1cccc(C(O)=C2C(=O)C(=O)N(CCN(C)C)C2c2ccc(OC)c(OC)c2)c1. The molecule has 1 amide bonds. The highest BCUT2D eigenvalue weighted by Gasteiger charge is 2.46. The molecular formula is C25H30N2O6. The molecule has 1 atom stereocenters. The Bertz CT molecular complexity index is 1060. The summed E-state index contributed by atoms with van der Waals surface area (Å²) in [6.07, 6.45) is 0. The Morgan fingerprint density at radius 2 is 1.79 bits per heavy atom. The molecule has 2 aromatic rings. The summed E-state index contributed by atoms with van der Waals surface area (Å²) in [5, 5.41) is 11.2. The second kappa shape index (κ2) is 10.4. The molecular weight excluding hydrogens is 424 g/mol. The third-order valence-corrected chi connectivity index (χ3v) is 5.47. The van der Waals surface area contributed by atoms with Crippen molar-refractivity contribution in [2.24, 2.45) is 0 Å². The van der Waals surface area contributed by atoms with Crippen LogP contribution in [0.2, 0.25) is 0 Å². The van der Waals surface area contributed by atoms with E-state index in [0.29, 0.717) is 48.1 Å². The number of benzene rings is 2. The third kappa shape index (κ3) is 4.96. The highest BCUT2D eigenvalue weighted by atomic mass is 16.5. The molecule has 176 valence electrons. The van der Waals surface area contributed by atoms with Crippen molar-refractivity contribution in [1.82, 2.24) is 9.80 Å². The van der Waals surface area contributed by atoms with Crippen molar-refractivity contribution >= 4 is 17.4 Å². The number of nitrogens with zero attached hydrogens (tertiary/aromatic N) is 2. The Hall–Kier alpha value is -3.52. The summed E-state index contributed by atoms with van der Waals surface area (Å²) in [4.78, 5) is 29.6. The van der Waals surface area contributed by atoms with Crippen molar-refractivity contribution in [2.45, 2.75) is 13.0 Å². The average molecular weight is 455 g/mol. The molecule has 1 aliphatic heterocycles. The quantitative estimate of drug-likeness (QED) is 0.354. The van der Waals surface area contributed by atoms with E-state index in [-0.39, 0.29) is 11.3 Å². The molecule has 2 aromatic carbocycles. The van der Waals surface area contributed by atoms with E-state index in [1.54, 1.807) is 42.5 Å². The van der Waals surface area contributed by atoms with Crippen LogP contribution in [-0.2, 0) is 9.59 Å². The van der Waals surface area contributed by atoms with Gasteiger partial charge in [0.05, 0.1) is 32.4 Å². The van der Waals surface area contributed by atoms with Gasteiger partial charge in [-0.3, -0.25) is 9.59 Å². The summed E-state index contributed by atoms with van der Waals surface area (Å²) >= 11 is 0. The monoisotopic (exact) mass is 454 g/mol. The van der Waals surface area contributed by atoms with Crippen LogP contribution in [0.1, 0.15) is 24.1 Å². The minimum absolute atomic E-state index is 0.0274. The van der Waals surface area contributed by atoms with Crippen LogP contribution >= 0.6 is 0 Å². The summed E-state index contributed by atoms with van der Waals surface area (Å²) in [6, 6.07) is 11.3. The average Bonchev–Trinajstić information content (AvgIpc) is 3.07. The van der Waals surface area contributed by atoms with Gasteiger partial charge in [0, 0.05) is 18.7 Å². The van der Waals surface area contributed by atoms with Crippen LogP contribution in [0.4, 0.5) is 0 Å². The van der Waals surface area contributed by atoms with Gasteiger partial charge >= 0.3 is 0 Å².